The summed E-state index contributed by atoms with van der Waals surface area (Å²) in [6.07, 6.45) is 1.44. The van der Waals surface area contributed by atoms with Crippen molar-refractivity contribution in [3.8, 4) is 0 Å². The molecule has 3 rings (SSSR count). The maximum atomic E-state index is 13.3. The number of sulfonamides is 1. The normalized spacial score (nSPS) is 16.0. The van der Waals surface area contributed by atoms with Gasteiger partial charge in [-0.1, -0.05) is 0 Å². The van der Waals surface area contributed by atoms with Gasteiger partial charge >= 0.3 is 0 Å². The minimum atomic E-state index is -4.06. The molecule has 1 aromatic heterocycles. The molecule has 0 spiro atoms. The molecule has 1 aliphatic rings. The van der Waals surface area contributed by atoms with Crippen LogP contribution in [-0.4, -0.2) is 85.1 Å². The number of amides is 2. The van der Waals surface area contributed by atoms with Gasteiger partial charge in [-0.25, -0.2) is 13.9 Å². The first-order valence-electron chi connectivity index (χ1n) is 9.88. The molecule has 0 aliphatic carbocycles. The van der Waals surface area contributed by atoms with Gasteiger partial charge in [0.1, 0.15) is 10.9 Å². The lowest BCUT2D eigenvalue weighted by Gasteiger charge is -2.31. The van der Waals surface area contributed by atoms with E-state index < -0.39 is 22.0 Å². The number of hydroxylamine groups is 1. The third-order valence-corrected chi connectivity index (χ3v) is 7.79. The van der Waals surface area contributed by atoms with Gasteiger partial charge in [0.2, 0.25) is 10.0 Å². The molecule has 3 N–H and O–H groups in total. The van der Waals surface area contributed by atoms with Crippen LogP contribution < -0.4 is 10.8 Å². The highest BCUT2D eigenvalue weighted by atomic mass is 32.2. The molecule has 0 radical (unpaired) electrons. The monoisotopic (exact) mass is 483 g/mol. The number of hydrogen-bond acceptors (Lipinski definition) is 9. The Morgan fingerprint density at radius 1 is 1.28 bits per heavy atom. The Morgan fingerprint density at radius 2 is 1.97 bits per heavy atom. The molecule has 1 aliphatic heterocycles. The van der Waals surface area contributed by atoms with E-state index >= 15 is 0 Å². The number of thiazole rings is 1. The average Bonchev–Trinajstić information content (AvgIpc) is 3.34. The number of aromatic nitrogens is 1. The number of morpholine rings is 1. The van der Waals surface area contributed by atoms with Crippen molar-refractivity contribution in [3.63, 3.8) is 0 Å². The fraction of sp³-hybridized carbons (Fsp3) is 0.421. The molecule has 174 valence electrons. The van der Waals surface area contributed by atoms with Gasteiger partial charge < -0.3 is 10.1 Å². The Labute approximate surface area is 190 Å². The number of carbonyl (C=O) groups excluding carboxylic acids is 2. The van der Waals surface area contributed by atoms with Crippen LogP contribution in [0, 0.1) is 0 Å². The Bertz CT molecular complexity index is 1010. The maximum Gasteiger partial charge on any atom is 0.267 e. The summed E-state index contributed by atoms with van der Waals surface area (Å²) in [5.41, 5.74) is 3.48. The highest BCUT2D eigenvalue weighted by Gasteiger charge is 2.33. The molecule has 2 amide bonds. The zero-order valence-corrected chi connectivity index (χ0v) is 19.1. The van der Waals surface area contributed by atoms with Crippen LogP contribution >= 0.6 is 11.3 Å². The third kappa shape index (κ3) is 5.88. The second-order valence-corrected chi connectivity index (χ2v) is 9.84. The molecular formula is C19H25N5O6S2. The summed E-state index contributed by atoms with van der Waals surface area (Å²) < 4.78 is 33.0. The van der Waals surface area contributed by atoms with Crippen molar-refractivity contribution >= 4 is 38.9 Å². The second-order valence-electron chi connectivity index (χ2n) is 7.07. The lowest BCUT2D eigenvalue weighted by molar-refractivity contribution is -0.132. The van der Waals surface area contributed by atoms with Crippen molar-refractivity contribution in [2.75, 3.05) is 44.7 Å². The van der Waals surface area contributed by atoms with Crippen LogP contribution in [-0.2, 0) is 19.6 Å². The Balaban J connectivity index is 1.76. The molecule has 1 atom stereocenters. The average molecular weight is 484 g/mol. The molecule has 0 bridgehead atoms. The molecule has 2 aromatic rings. The van der Waals surface area contributed by atoms with Gasteiger partial charge in [-0.05, 0) is 31.2 Å². The van der Waals surface area contributed by atoms with Crippen LogP contribution in [0.5, 0.6) is 0 Å². The first-order chi connectivity index (χ1) is 15.3. The largest absolute Gasteiger partial charge is 0.379 e. The van der Waals surface area contributed by atoms with Crippen LogP contribution in [0.1, 0.15) is 16.6 Å². The highest BCUT2D eigenvalue weighted by molar-refractivity contribution is 7.89. The van der Waals surface area contributed by atoms with E-state index in [1.54, 1.807) is 5.51 Å². The predicted molar refractivity (Wildman–Crippen MR) is 117 cm³/mol. The summed E-state index contributed by atoms with van der Waals surface area (Å²) in [6.45, 7) is 4.34. The van der Waals surface area contributed by atoms with Gasteiger partial charge in [-0.2, -0.15) is 4.31 Å². The van der Waals surface area contributed by atoms with Gasteiger partial charge in [0, 0.05) is 31.9 Å². The minimum absolute atomic E-state index is 0.0344. The smallest absolute Gasteiger partial charge is 0.267 e. The number of carbonyl (C=O) groups is 2. The van der Waals surface area contributed by atoms with Crippen LogP contribution in [0.4, 0.5) is 5.69 Å². The van der Waals surface area contributed by atoms with Gasteiger partial charge in [0.05, 0.1) is 29.8 Å². The van der Waals surface area contributed by atoms with Crippen molar-refractivity contribution in [3.05, 3.63) is 40.8 Å². The molecule has 1 aromatic carbocycles. The van der Waals surface area contributed by atoms with Crippen LogP contribution in [0.2, 0.25) is 0 Å². The summed E-state index contributed by atoms with van der Waals surface area (Å²) in [7, 11) is -4.06. The van der Waals surface area contributed by atoms with Crippen molar-refractivity contribution in [1.82, 2.24) is 19.7 Å². The fourth-order valence-electron chi connectivity index (χ4n) is 3.18. The number of anilines is 1. The van der Waals surface area contributed by atoms with Gasteiger partial charge in [-0.15, -0.1) is 11.3 Å². The van der Waals surface area contributed by atoms with Crippen LogP contribution in [0.3, 0.4) is 0 Å². The van der Waals surface area contributed by atoms with E-state index in [1.165, 1.54) is 54.2 Å². The first-order valence-corrected chi connectivity index (χ1v) is 12.2. The molecule has 0 saturated carbocycles. The quantitative estimate of drug-likeness (QED) is 0.348. The number of nitrogens with zero attached hydrogens (tertiary/aromatic N) is 3. The number of benzene rings is 1. The van der Waals surface area contributed by atoms with Crippen molar-refractivity contribution in [2.24, 2.45) is 0 Å². The third-order valence-electron chi connectivity index (χ3n) is 5.04. The van der Waals surface area contributed by atoms with Crippen LogP contribution in [0.15, 0.2) is 40.9 Å². The minimum Gasteiger partial charge on any atom is -0.379 e. The molecular weight excluding hydrogens is 458 g/mol. The Hall–Kier alpha value is -2.42. The number of ether oxygens (including phenoxy) is 1. The summed E-state index contributed by atoms with van der Waals surface area (Å²) in [4.78, 5) is 30.5. The lowest BCUT2D eigenvalue weighted by atomic mass is 10.3. The molecule has 13 heteroatoms. The van der Waals surface area contributed by atoms with Crippen molar-refractivity contribution in [2.45, 2.75) is 17.9 Å². The number of nitrogens with one attached hydrogen (secondary N) is 2. The van der Waals surface area contributed by atoms with Gasteiger partial charge in [0.15, 0.2) is 0 Å². The molecule has 1 unspecified atom stereocenters. The van der Waals surface area contributed by atoms with E-state index in [0.29, 0.717) is 43.4 Å². The van der Waals surface area contributed by atoms with E-state index in [2.05, 4.69) is 10.3 Å². The molecule has 11 nitrogen and oxygen atoms in total. The van der Waals surface area contributed by atoms with E-state index in [9.17, 15) is 18.0 Å². The molecule has 32 heavy (non-hydrogen) atoms. The SMILES string of the molecule is CC(C(=O)NO)N(CCN1CCOCC1)S(=O)(=O)c1ccc(NC(=O)c2cncs2)cc1. The van der Waals surface area contributed by atoms with Gasteiger partial charge in [0.25, 0.3) is 11.8 Å². The molecule has 2 heterocycles. The summed E-state index contributed by atoms with van der Waals surface area (Å²) in [5.74, 6) is -1.17. The van der Waals surface area contributed by atoms with E-state index in [1.807, 2.05) is 4.90 Å². The predicted octanol–water partition coefficient (Wildman–Crippen LogP) is 0.612. The maximum absolute atomic E-state index is 13.3. The van der Waals surface area contributed by atoms with E-state index in [4.69, 9.17) is 9.94 Å². The first kappa shape index (κ1) is 24.2. The zero-order valence-electron chi connectivity index (χ0n) is 17.4. The fourth-order valence-corrected chi connectivity index (χ4v) is 5.28. The number of hydrogen-bond donors (Lipinski definition) is 3. The van der Waals surface area contributed by atoms with Crippen molar-refractivity contribution in [1.29, 1.82) is 0 Å². The van der Waals surface area contributed by atoms with Gasteiger partial charge in [-0.3, -0.25) is 24.7 Å². The van der Waals surface area contributed by atoms with Crippen molar-refractivity contribution < 1.29 is 28.0 Å². The Kier molecular flexibility index (Phi) is 8.28. The molecule has 1 fully saturated rings. The summed E-state index contributed by atoms with van der Waals surface area (Å²) in [5, 5.41) is 11.7. The molecule has 1 saturated heterocycles. The lowest BCUT2D eigenvalue weighted by Crippen LogP contribution is -2.50. The topological polar surface area (TPSA) is 141 Å². The Morgan fingerprint density at radius 3 is 2.56 bits per heavy atom. The summed E-state index contributed by atoms with van der Waals surface area (Å²) >= 11 is 1.19. The zero-order chi connectivity index (χ0) is 23.1. The van der Waals surface area contributed by atoms with E-state index in [-0.39, 0.29) is 17.3 Å². The van der Waals surface area contributed by atoms with Crippen LogP contribution in [0.25, 0.3) is 0 Å². The standard InChI is InChI=1S/C19H25N5O6S2/c1-14(18(25)22-27)24(7-6-23-8-10-30-11-9-23)32(28,29)16-4-2-15(3-5-16)21-19(26)17-12-20-13-31-17/h2-5,12-14,27H,6-11H2,1H3,(H,21,26)(H,22,25). The second kappa shape index (κ2) is 10.9. The number of rotatable bonds is 9. The highest BCUT2D eigenvalue weighted by Crippen LogP contribution is 2.21. The van der Waals surface area contributed by atoms with E-state index in [0.717, 1.165) is 4.31 Å². The summed E-state index contributed by atoms with van der Waals surface area (Å²) in [6, 6.07) is 4.55.